The van der Waals surface area contributed by atoms with Gasteiger partial charge in [-0.05, 0) is 17.7 Å². The fourth-order valence-corrected chi connectivity index (χ4v) is 1.47. The molecule has 6 heteroatoms. The van der Waals surface area contributed by atoms with Crippen LogP contribution in [0.1, 0.15) is 0 Å². The van der Waals surface area contributed by atoms with Gasteiger partial charge in [-0.1, -0.05) is 17.3 Å². The van der Waals surface area contributed by atoms with Crippen LogP contribution in [0.5, 0.6) is 0 Å². The lowest BCUT2D eigenvalue weighted by atomic mass is 10.1. The third-order valence-electron chi connectivity index (χ3n) is 2.47. The standard InChI is InChI=1S/C11H12N4O2/c1-15(11(13)16)8-4-2-3-7(5-8)9-6-14-17-10(9)12/h2-6H,12H2,1H3,(H2,13,16). The van der Waals surface area contributed by atoms with Crippen LogP contribution in [-0.4, -0.2) is 18.2 Å². The zero-order valence-electron chi connectivity index (χ0n) is 9.25. The molecule has 2 rings (SSSR count). The molecule has 0 saturated carbocycles. The molecule has 0 atom stereocenters. The SMILES string of the molecule is CN(C(N)=O)c1cccc(-c2cnoc2N)c1. The van der Waals surface area contributed by atoms with Crippen LogP contribution in [-0.2, 0) is 0 Å². The Morgan fingerprint density at radius 1 is 1.47 bits per heavy atom. The van der Waals surface area contributed by atoms with Crippen LogP contribution in [0.3, 0.4) is 0 Å². The zero-order chi connectivity index (χ0) is 12.4. The Morgan fingerprint density at radius 3 is 2.82 bits per heavy atom. The average Bonchev–Trinajstić information content (AvgIpc) is 2.74. The van der Waals surface area contributed by atoms with Crippen LogP contribution in [0.4, 0.5) is 16.4 Å². The maximum Gasteiger partial charge on any atom is 0.318 e. The van der Waals surface area contributed by atoms with Gasteiger partial charge in [0.05, 0.1) is 11.8 Å². The number of nitrogens with zero attached hydrogens (tertiary/aromatic N) is 2. The van der Waals surface area contributed by atoms with Gasteiger partial charge < -0.3 is 16.0 Å². The van der Waals surface area contributed by atoms with Gasteiger partial charge in [-0.15, -0.1) is 0 Å². The minimum atomic E-state index is -0.527. The number of nitrogens with two attached hydrogens (primary N) is 2. The molecule has 0 radical (unpaired) electrons. The molecule has 2 aromatic rings. The van der Waals surface area contributed by atoms with E-state index in [1.165, 1.54) is 11.1 Å². The normalized spacial score (nSPS) is 10.2. The van der Waals surface area contributed by atoms with E-state index in [-0.39, 0.29) is 5.88 Å². The Labute approximate surface area is 97.8 Å². The van der Waals surface area contributed by atoms with Crippen LogP contribution in [0.25, 0.3) is 11.1 Å². The third kappa shape index (κ3) is 2.05. The molecule has 2 amide bonds. The highest BCUT2D eigenvalue weighted by Gasteiger charge is 2.10. The van der Waals surface area contributed by atoms with E-state index in [4.69, 9.17) is 16.0 Å². The Morgan fingerprint density at radius 2 is 2.24 bits per heavy atom. The van der Waals surface area contributed by atoms with E-state index in [2.05, 4.69) is 5.16 Å². The number of hydrogen-bond donors (Lipinski definition) is 2. The van der Waals surface area contributed by atoms with E-state index in [9.17, 15) is 4.79 Å². The molecule has 0 spiro atoms. The van der Waals surface area contributed by atoms with E-state index in [0.29, 0.717) is 11.3 Å². The summed E-state index contributed by atoms with van der Waals surface area (Å²) in [6.07, 6.45) is 1.53. The van der Waals surface area contributed by atoms with E-state index in [1.807, 2.05) is 6.07 Å². The summed E-state index contributed by atoms with van der Waals surface area (Å²) in [6, 6.07) is 6.68. The summed E-state index contributed by atoms with van der Waals surface area (Å²) in [7, 11) is 1.60. The van der Waals surface area contributed by atoms with Gasteiger partial charge in [0.15, 0.2) is 0 Å². The quantitative estimate of drug-likeness (QED) is 0.818. The summed E-state index contributed by atoms with van der Waals surface area (Å²) >= 11 is 0. The summed E-state index contributed by atoms with van der Waals surface area (Å²) in [5, 5.41) is 3.60. The molecule has 0 saturated heterocycles. The summed E-state index contributed by atoms with van der Waals surface area (Å²) in [5.41, 5.74) is 13.0. The fraction of sp³-hybridized carbons (Fsp3) is 0.0909. The largest absolute Gasteiger partial charge is 0.367 e. The van der Waals surface area contributed by atoms with Gasteiger partial charge in [0.2, 0.25) is 5.88 Å². The first-order chi connectivity index (χ1) is 8.09. The van der Waals surface area contributed by atoms with Crippen molar-refractivity contribution in [2.45, 2.75) is 0 Å². The molecule has 0 bridgehead atoms. The van der Waals surface area contributed by atoms with Crippen molar-refractivity contribution in [1.82, 2.24) is 5.16 Å². The second kappa shape index (κ2) is 4.17. The third-order valence-corrected chi connectivity index (χ3v) is 2.47. The average molecular weight is 232 g/mol. The van der Waals surface area contributed by atoms with Crippen LogP contribution < -0.4 is 16.4 Å². The fourth-order valence-electron chi connectivity index (χ4n) is 1.47. The number of aromatic nitrogens is 1. The number of urea groups is 1. The van der Waals surface area contributed by atoms with Crippen molar-refractivity contribution in [2.24, 2.45) is 5.73 Å². The number of carbonyl (C=O) groups is 1. The van der Waals surface area contributed by atoms with Gasteiger partial charge in [0.1, 0.15) is 0 Å². The highest BCUT2D eigenvalue weighted by atomic mass is 16.5. The smallest absolute Gasteiger partial charge is 0.318 e. The highest BCUT2D eigenvalue weighted by Crippen LogP contribution is 2.28. The van der Waals surface area contributed by atoms with Gasteiger partial charge in [-0.3, -0.25) is 4.90 Å². The molecule has 1 aromatic heterocycles. The first-order valence-corrected chi connectivity index (χ1v) is 4.93. The second-order valence-corrected chi connectivity index (χ2v) is 3.55. The van der Waals surface area contributed by atoms with Gasteiger partial charge in [0.25, 0.3) is 0 Å². The molecule has 1 heterocycles. The Kier molecular flexibility index (Phi) is 2.70. The number of nitrogen functional groups attached to an aromatic ring is 1. The molecule has 17 heavy (non-hydrogen) atoms. The number of anilines is 2. The van der Waals surface area contributed by atoms with Crippen molar-refractivity contribution in [3.05, 3.63) is 30.5 Å². The van der Waals surface area contributed by atoms with Gasteiger partial charge >= 0.3 is 6.03 Å². The van der Waals surface area contributed by atoms with Gasteiger partial charge in [-0.2, -0.15) is 0 Å². The predicted octanol–water partition coefficient (Wildman–Crippen LogP) is 1.44. The topological polar surface area (TPSA) is 98.4 Å². The lowest BCUT2D eigenvalue weighted by Gasteiger charge is -2.14. The van der Waals surface area contributed by atoms with Crippen LogP contribution in [0.2, 0.25) is 0 Å². The lowest BCUT2D eigenvalue weighted by molar-refractivity contribution is 0.255. The van der Waals surface area contributed by atoms with Crippen LogP contribution in [0, 0.1) is 0 Å². The second-order valence-electron chi connectivity index (χ2n) is 3.55. The maximum atomic E-state index is 11.1. The van der Waals surface area contributed by atoms with Gasteiger partial charge in [0, 0.05) is 12.7 Å². The maximum absolute atomic E-state index is 11.1. The van der Waals surface area contributed by atoms with E-state index in [0.717, 1.165) is 5.56 Å². The number of hydrogen-bond acceptors (Lipinski definition) is 4. The molecule has 0 fully saturated rings. The summed E-state index contributed by atoms with van der Waals surface area (Å²) in [5.74, 6) is 0.240. The van der Waals surface area contributed by atoms with Crippen molar-refractivity contribution >= 4 is 17.6 Å². The molecule has 6 nitrogen and oxygen atoms in total. The highest BCUT2D eigenvalue weighted by molar-refractivity contribution is 5.91. The number of rotatable bonds is 2. The van der Waals surface area contributed by atoms with Crippen LogP contribution >= 0.6 is 0 Å². The molecular weight excluding hydrogens is 220 g/mol. The molecular formula is C11H12N4O2. The van der Waals surface area contributed by atoms with Gasteiger partial charge in [-0.25, -0.2) is 4.79 Å². The predicted molar refractivity (Wildman–Crippen MR) is 64.3 cm³/mol. The number of benzene rings is 1. The minimum absolute atomic E-state index is 0.240. The molecule has 0 aliphatic carbocycles. The Bertz CT molecular complexity index is 550. The summed E-state index contributed by atoms with van der Waals surface area (Å²) in [4.78, 5) is 12.4. The monoisotopic (exact) mass is 232 g/mol. The molecule has 88 valence electrons. The van der Waals surface area contributed by atoms with E-state index in [1.54, 1.807) is 25.2 Å². The Hall–Kier alpha value is -2.50. The lowest BCUT2D eigenvalue weighted by Crippen LogP contribution is -2.31. The number of carbonyl (C=O) groups excluding carboxylic acids is 1. The molecule has 0 aliphatic heterocycles. The van der Waals surface area contributed by atoms with Crippen molar-refractivity contribution in [1.29, 1.82) is 0 Å². The molecule has 0 unspecified atom stereocenters. The van der Waals surface area contributed by atoms with Crippen molar-refractivity contribution in [3.63, 3.8) is 0 Å². The number of primary amides is 1. The van der Waals surface area contributed by atoms with Crippen molar-refractivity contribution in [2.75, 3.05) is 17.7 Å². The minimum Gasteiger partial charge on any atom is -0.367 e. The molecule has 1 aromatic carbocycles. The van der Waals surface area contributed by atoms with Crippen LogP contribution in [0.15, 0.2) is 35.0 Å². The Balaban J connectivity index is 2.42. The first-order valence-electron chi connectivity index (χ1n) is 4.93. The van der Waals surface area contributed by atoms with Crippen molar-refractivity contribution < 1.29 is 9.32 Å². The van der Waals surface area contributed by atoms with Crippen molar-refractivity contribution in [3.8, 4) is 11.1 Å². The zero-order valence-corrected chi connectivity index (χ0v) is 9.25. The summed E-state index contributed by atoms with van der Waals surface area (Å²) < 4.78 is 4.79. The molecule has 0 aliphatic rings. The van der Waals surface area contributed by atoms with E-state index < -0.39 is 6.03 Å². The van der Waals surface area contributed by atoms with E-state index >= 15 is 0 Å². The molecule has 4 N–H and O–H groups in total. The summed E-state index contributed by atoms with van der Waals surface area (Å²) in [6.45, 7) is 0. The first kappa shape index (κ1) is 11.0. The number of amides is 2.